The minimum Gasteiger partial charge on any atom is -0.479 e. The SMILES string of the molecule is COc1nc(N[C@H]2CC[C@@H](NC(C)=O)CC2)nn2ccc(-c3ccc4nnn(CC(F)F)c4c3)c12. The van der Waals surface area contributed by atoms with Crippen LogP contribution in [0.3, 0.4) is 0 Å². The number of alkyl halides is 2. The summed E-state index contributed by atoms with van der Waals surface area (Å²) < 4.78 is 34.4. The summed E-state index contributed by atoms with van der Waals surface area (Å²) in [7, 11) is 1.55. The van der Waals surface area contributed by atoms with Crippen LogP contribution in [0.1, 0.15) is 32.6 Å². The molecule has 35 heavy (non-hydrogen) atoms. The van der Waals surface area contributed by atoms with Gasteiger partial charge in [-0.15, -0.1) is 10.2 Å². The molecule has 3 aromatic heterocycles. The molecule has 0 aliphatic heterocycles. The first-order valence-corrected chi connectivity index (χ1v) is 11.5. The maximum Gasteiger partial charge on any atom is 0.258 e. The van der Waals surface area contributed by atoms with E-state index in [0.29, 0.717) is 28.4 Å². The molecule has 1 saturated carbocycles. The molecule has 3 heterocycles. The third-order valence-corrected chi connectivity index (χ3v) is 6.28. The van der Waals surface area contributed by atoms with Gasteiger partial charge in [0, 0.05) is 30.8 Å². The number of nitrogens with zero attached hydrogens (tertiary/aromatic N) is 6. The third-order valence-electron chi connectivity index (χ3n) is 6.28. The molecule has 0 saturated heterocycles. The van der Waals surface area contributed by atoms with E-state index < -0.39 is 13.0 Å². The van der Waals surface area contributed by atoms with Crippen LogP contribution in [0, 0.1) is 0 Å². The van der Waals surface area contributed by atoms with E-state index in [-0.39, 0.29) is 18.0 Å². The number of carbonyl (C=O) groups is 1. The van der Waals surface area contributed by atoms with Crippen LogP contribution < -0.4 is 15.4 Å². The zero-order chi connectivity index (χ0) is 24.5. The Hall–Kier alpha value is -3.83. The smallest absolute Gasteiger partial charge is 0.258 e. The molecule has 0 atom stereocenters. The van der Waals surface area contributed by atoms with Gasteiger partial charge in [0.15, 0.2) is 0 Å². The van der Waals surface area contributed by atoms with Gasteiger partial charge in [-0.3, -0.25) is 4.79 Å². The molecule has 10 nitrogen and oxygen atoms in total. The first kappa shape index (κ1) is 22.9. The lowest BCUT2D eigenvalue weighted by Crippen LogP contribution is -2.39. The van der Waals surface area contributed by atoms with Crippen LogP contribution in [-0.2, 0) is 11.3 Å². The Bertz CT molecular complexity index is 1360. The van der Waals surface area contributed by atoms with E-state index in [1.165, 1.54) is 11.6 Å². The van der Waals surface area contributed by atoms with Gasteiger partial charge in [0.1, 0.15) is 17.6 Å². The average Bonchev–Trinajstić information content (AvgIpc) is 3.43. The average molecular weight is 485 g/mol. The number of hydrogen-bond donors (Lipinski definition) is 2. The van der Waals surface area contributed by atoms with Crippen LogP contribution in [-0.4, -0.2) is 61.1 Å². The highest BCUT2D eigenvalue weighted by molar-refractivity contribution is 5.89. The summed E-state index contributed by atoms with van der Waals surface area (Å²) in [6.45, 7) is 1.02. The summed E-state index contributed by atoms with van der Waals surface area (Å²) in [5.74, 6) is 0.847. The van der Waals surface area contributed by atoms with Crippen molar-refractivity contribution in [2.45, 2.75) is 57.7 Å². The monoisotopic (exact) mass is 484 g/mol. The van der Waals surface area contributed by atoms with E-state index in [2.05, 4.69) is 31.0 Å². The van der Waals surface area contributed by atoms with Crippen molar-refractivity contribution in [3.05, 3.63) is 30.5 Å². The van der Waals surface area contributed by atoms with Gasteiger partial charge in [0.2, 0.25) is 17.7 Å². The lowest BCUT2D eigenvalue weighted by Gasteiger charge is -2.29. The maximum atomic E-state index is 12.9. The Kier molecular flexibility index (Phi) is 6.18. The van der Waals surface area contributed by atoms with Crippen LogP contribution in [0.5, 0.6) is 5.88 Å². The summed E-state index contributed by atoms with van der Waals surface area (Å²) in [6.07, 6.45) is 2.86. The largest absolute Gasteiger partial charge is 0.479 e. The van der Waals surface area contributed by atoms with E-state index in [9.17, 15) is 13.6 Å². The normalized spacial score (nSPS) is 18.3. The third kappa shape index (κ3) is 4.73. The van der Waals surface area contributed by atoms with Gasteiger partial charge in [-0.2, -0.15) is 4.98 Å². The van der Waals surface area contributed by atoms with E-state index >= 15 is 0 Å². The van der Waals surface area contributed by atoms with Crippen molar-refractivity contribution in [3.63, 3.8) is 0 Å². The van der Waals surface area contributed by atoms with Crippen LogP contribution in [0.15, 0.2) is 30.5 Å². The highest BCUT2D eigenvalue weighted by atomic mass is 19.3. The summed E-state index contributed by atoms with van der Waals surface area (Å²) >= 11 is 0. The van der Waals surface area contributed by atoms with Crippen molar-refractivity contribution >= 4 is 28.4 Å². The summed E-state index contributed by atoms with van der Waals surface area (Å²) in [6, 6.07) is 7.69. The number of fused-ring (bicyclic) bond motifs is 2. The van der Waals surface area contributed by atoms with E-state index in [1.54, 1.807) is 23.8 Å². The number of benzene rings is 1. The number of halogens is 2. The zero-order valence-electron chi connectivity index (χ0n) is 19.4. The van der Waals surface area contributed by atoms with Gasteiger partial charge >= 0.3 is 0 Å². The lowest BCUT2D eigenvalue weighted by atomic mass is 9.91. The van der Waals surface area contributed by atoms with E-state index in [1.807, 2.05) is 18.3 Å². The molecule has 0 bridgehead atoms. The molecule has 1 aromatic carbocycles. The molecule has 1 aliphatic carbocycles. The molecule has 184 valence electrons. The van der Waals surface area contributed by atoms with Crippen molar-refractivity contribution in [2.24, 2.45) is 0 Å². The Morgan fingerprint density at radius 1 is 1.20 bits per heavy atom. The molecule has 0 radical (unpaired) electrons. The lowest BCUT2D eigenvalue weighted by molar-refractivity contribution is -0.119. The highest BCUT2D eigenvalue weighted by Crippen LogP contribution is 2.33. The summed E-state index contributed by atoms with van der Waals surface area (Å²) in [5.41, 5.74) is 3.32. The number of rotatable bonds is 7. The van der Waals surface area contributed by atoms with Crippen molar-refractivity contribution in [1.29, 1.82) is 0 Å². The van der Waals surface area contributed by atoms with Gasteiger partial charge < -0.3 is 15.4 Å². The predicted molar refractivity (Wildman–Crippen MR) is 126 cm³/mol. The number of aromatic nitrogens is 6. The van der Waals surface area contributed by atoms with Crippen molar-refractivity contribution in [1.82, 2.24) is 34.9 Å². The number of nitrogens with one attached hydrogen (secondary N) is 2. The van der Waals surface area contributed by atoms with Crippen molar-refractivity contribution in [3.8, 4) is 17.0 Å². The van der Waals surface area contributed by atoms with Gasteiger partial charge in [0.05, 0.1) is 12.6 Å². The van der Waals surface area contributed by atoms with Gasteiger partial charge in [-0.25, -0.2) is 18.0 Å². The fourth-order valence-corrected chi connectivity index (χ4v) is 4.68. The molecular formula is C23H26F2N8O2. The Balaban J connectivity index is 1.42. The second-order valence-corrected chi connectivity index (χ2v) is 8.73. The fraction of sp³-hybridized carbons (Fsp3) is 0.435. The fourth-order valence-electron chi connectivity index (χ4n) is 4.68. The Morgan fingerprint density at radius 3 is 2.69 bits per heavy atom. The van der Waals surface area contributed by atoms with E-state index in [0.717, 1.165) is 36.8 Å². The predicted octanol–water partition coefficient (Wildman–Crippen LogP) is 3.27. The highest BCUT2D eigenvalue weighted by Gasteiger charge is 2.23. The first-order chi connectivity index (χ1) is 16.9. The molecule has 1 aliphatic rings. The number of methoxy groups -OCH3 is 1. The van der Waals surface area contributed by atoms with E-state index in [4.69, 9.17) is 4.74 Å². The standard InChI is InChI=1S/C23H26F2N8O2/c1-13(34)26-15-4-6-16(7-5-15)27-23-28-22(35-2)21-17(9-10-32(21)30-23)14-3-8-18-19(11-14)33(31-29-18)12-20(24)25/h3,8-11,15-16,20H,4-7,12H2,1-2H3,(H,26,34)(H,27,30)/t15-,16+. The number of carbonyl (C=O) groups excluding carboxylic acids is 1. The zero-order valence-corrected chi connectivity index (χ0v) is 19.4. The molecule has 0 spiro atoms. The minimum atomic E-state index is -2.53. The molecule has 0 unspecified atom stereocenters. The topological polar surface area (TPSA) is 111 Å². The van der Waals surface area contributed by atoms with Gasteiger partial charge in [-0.05, 0) is 49.4 Å². The Morgan fingerprint density at radius 2 is 1.97 bits per heavy atom. The van der Waals surface area contributed by atoms with Crippen LogP contribution in [0.25, 0.3) is 27.7 Å². The molecule has 4 aromatic rings. The first-order valence-electron chi connectivity index (χ1n) is 11.5. The van der Waals surface area contributed by atoms with Crippen molar-refractivity contribution < 1.29 is 18.3 Å². The second kappa shape index (κ2) is 9.43. The number of hydrogen-bond acceptors (Lipinski definition) is 7. The maximum absolute atomic E-state index is 12.9. The number of amides is 1. The van der Waals surface area contributed by atoms with Crippen LogP contribution >= 0.6 is 0 Å². The van der Waals surface area contributed by atoms with Crippen LogP contribution in [0.4, 0.5) is 14.7 Å². The van der Waals surface area contributed by atoms with Gasteiger partial charge in [0.25, 0.3) is 6.43 Å². The quantitative estimate of drug-likeness (QED) is 0.414. The minimum absolute atomic E-state index is 0.00256. The number of anilines is 1. The molecule has 1 amide bonds. The molecule has 2 N–H and O–H groups in total. The van der Waals surface area contributed by atoms with Crippen molar-refractivity contribution in [2.75, 3.05) is 12.4 Å². The molecule has 5 rings (SSSR count). The second-order valence-electron chi connectivity index (χ2n) is 8.73. The van der Waals surface area contributed by atoms with Crippen LogP contribution in [0.2, 0.25) is 0 Å². The molecular weight excluding hydrogens is 458 g/mol. The van der Waals surface area contributed by atoms with Gasteiger partial charge in [-0.1, -0.05) is 11.3 Å². The molecule has 12 heteroatoms. The molecule has 1 fully saturated rings. The summed E-state index contributed by atoms with van der Waals surface area (Å²) in [4.78, 5) is 15.9. The Labute approximate surface area is 199 Å². The summed E-state index contributed by atoms with van der Waals surface area (Å²) in [5, 5.41) is 18.8. The number of ether oxygens (including phenoxy) is 1.